The first kappa shape index (κ1) is 28.5. The fourth-order valence-corrected chi connectivity index (χ4v) is 2.41. The minimum atomic E-state index is -5.00. The van der Waals surface area contributed by atoms with Crippen molar-refractivity contribution in [3.8, 4) is 11.5 Å². The van der Waals surface area contributed by atoms with Gasteiger partial charge in [0.25, 0.3) is 11.6 Å². The van der Waals surface area contributed by atoms with Gasteiger partial charge in [-0.15, -0.1) is 0 Å². The molecule has 0 saturated carbocycles. The van der Waals surface area contributed by atoms with Crippen LogP contribution >= 0.6 is 0 Å². The van der Waals surface area contributed by atoms with E-state index >= 15 is 0 Å². The number of phenolic OH excluding ortho intramolecular Hbond substituents is 1. The van der Waals surface area contributed by atoms with Gasteiger partial charge < -0.3 is 14.6 Å². The van der Waals surface area contributed by atoms with Crippen molar-refractivity contribution in [2.24, 2.45) is 0 Å². The summed E-state index contributed by atoms with van der Waals surface area (Å²) in [5.41, 5.74) is -0.167. The maximum atomic E-state index is 12.4. The van der Waals surface area contributed by atoms with Crippen LogP contribution in [0.3, 0.4) is 0 Å². The molecule has 2 rings (SSSR count). The highest BCUT2D eigenvalue weighted by Gasteiger charge is 2.41. The third kappa shape index (κ3) is 8.41. The van der Waals surface area contributed by atoms with Gasteiger partial charge in [-0.05, 0) is 56.2 Å². The van der Waals surface area contributed by atoms with Crippen LogP contribution in [-0.4, -0.2) is 48.2 Å². The molecule has 0 heterocycles. The van der Waals surface area contributed by atoms with E-state index in [2.05, 4.69) is 4.74 Å². The van der Waals surface area contributed by atoms with Crippen LogP contribution in [-0.2, 0) is 9.53 Å². The van der Waals surface area contributed by atoms with E-state index in [1.54, 1.807) is 20.8 Å². The summed E-state index contributed by atoms with van der Waals surface area (Å²) in [6.07, 6.45) is -9.95. The second kappa shape index (κ2) is 11.5. The van der Waals surface area contributed by atoms with Crippen LogP contribution < -0.4 is 4.74 Å². The third-order valence-electron chi connectivity index (χ3n) is 3.95. The molecule has 0 unspecified atom stereocenters. The topological polar surface area (TPSA) is 89.9 Å². The van der Waals surface area contributed by atoms with Gasteiger partial charge in [-0.2, -0.15) is 26.3 Å². The molecule has 0 aliphatic carbocycles. The number of halogens is 6. The number of hydrogen-bond acceptors (Lipinski definition) is 6. The number of rotatable bonds is 6. The van der Waals surface area contributed by atoms with Gasteiger partial charge in [0.2, 0.25) is 0 Å². The lowest BCUT2D eigenvalue weighted by molar-refractivity contribution is -0.145. The Balaban J connectivity index is 0.000000362. The largest absolute Gasteiger partial charge is 0.507 e. The Kier molecular flexibility index (Phi) is 9.65. The lowest BCUT2D eigenvalue weighted by atomic mass is 10.1. The molecule has 1 N–H and O–H groups in total. The van der Waals surface area contributed by atoms with Gasteiger partial charge in [-0.1, -0.05) is 12.1 Å². The van der Waals surface area contributed by atoms with Gasteiger partial charge in [0.1, 0.15) is 11.5 Å². The molecule has 0 aliphatic heterocycles. The van der Waals surface area contributed by atoms with Gasteiger partial charge in [-0.3, -0.25) is 9.59 Å². The van der Waals surface area contributed by atoms with Crippen LogP contribution in [0.25, 0.3) is 0 Å². The summed E-state index contributed by atoms with van der Waals surface area (Å²) >= 11 is 0. The molecule has 0 atom stereocenters. The van der Waals surface area contributed by atoms with E-state index in [0.717, 1.165) is 18.2 Å². The van der Waals surface area contributed by atoms with E-state index in [-0.39, 0.29) is 12.4 Å². The maximum Gasteiger partial charge on any atom is 0.455 e. The van der Waals surface area contributed by atoms with E-state index in [1.165, 1.54) is 18.2 Å². The Morgan fingerprint density at radius 3 is 1.76 bits per heavy atom. The molecule has 186 valence electrons. The summed E-state index contributed by atoms with van der Waals surface area (Å²) in [7, 11) is 0. The Hall–Kier alpha value is -3.57. The van der Waals surface area contributed by atoms with E-state index in [4.69, 9.17) is 9.84 Å². The number of alkyl halides is 6. The highest BCUT2D eigenvalue weighted by atomic mass is 19.4. The molecule has 2 aromatic rings. The maximum absolute atomic E-state index is 12.4. The zero-order valence-electron chi connectivity index (χ0n) is 18.1. The number of carbonyl (C=O) groups is 3. The molecule has 2 aromatic carbocycles. The van der Waals surface area contributed by atoms with Crippen LogP contribution in [0.15, 0.2) is 36.4 Å². The van der Waals surface area contributed by atoms with Crippen molar-refractivity contribution >= 4 is 17.5 Å². The monoisotopic (exact) mass is 494 g/mol. The molecule has 0 aliphatic rings. The fraction of sp³-hybridized carbons (Fsp3) is 0.318. The zero-order valence-corrected chi connectivity index (χ0v) is 18.1. The van der Waals surface area contributed by atoms with Crippen molar-refractivity contribution in [1.82, 2.24) is 0 Å². The Labute approximate surface area is 190 Å². The quantitative estimate of drug-likeness (QED) is 0.340. The predicted octanol–water partition coefficient (Wildman–Crippen LogP) is 5.13. The van der Waals surface area contributed by atoms with E-state index in [9.17, 15) is 40.7 Å². The van der Waals surface area contributed by atoms with Crippen LogP contribution in [0.4, 0.5) is 26.3 Å². The molecule has 34 heavy (non-hydrogen) atoms. The zero-order chi connectivity index (χ0) is 26.3. The fourth-order valence-electron chi connectivity index (χ4n) is 2.41. The lowest BCUT2D eigenvalue weighted by Gasteiger charge is -2.12. The predicted molar refractivity (Wildman–Crippen MR) is 107 cm³/mol. The Bertz CT molecular complexity index is 1040. The minimum absolute atomic E-state index is 0.129. The molecule has 0 radical (unpaired) electrons. The Morgan fingerprint density at radius 2 is 1.29 bits per heavy atom. The summed E-state index contributed by atoms with van der Waals surface area (Å²) in [6, 6.07) is 7.04. The van der Waals surface area contributed by atoms with Gasteiger partial charge in [0.05, 0.1) is 17.7 Å². The van der Waals surface area contributed by atoms with Crippen molar-refractivity contribution in [3.05, 3.63) is 58.7 Å². The molecule has 0 aromatic heterocycles. The van der Waals surface area contributed by atoms with Crippen LogP contribution in [0.1, 0.15) is 38.8 Å². The van der Waals surface area contributed by atoms with E-state index in [0.29, 0.717) is 11.1 Å². The van der Waals surface area contributed by atoms with Crippen molar-refractivity contribution in [1.29, 1.82) is 0 Å². The first-order valence-electron chi connectivity index (χ1n) is 9.49. The number of aromatic hydroxyl groups is 1. The van der Waals surface area contributed by atoms with Crippen LogP contribution in [0, 0.1) is 13.8 Å². The summed E-state index contributed by atoms with van der Waals surface area (Å²) in [5.74, 6) is -5.71. The third-order valence-corrected chi connectivity index (χ3v) is 3.95. The number of esters is 1. The molecular weight excluding hydrogens is 474 g/mol. The highest BCUT2D eigenvalue weighted by molar-refractivity contribution is 6.03. The van der Waals surface area contributed by atoms with Crippen LogP contribution in [0.5, 0.6) is 11.5 Å². The highest BCUT2D eigenvalue weighted by Crippen LogP contribution is 2.29. The normalized spacial score (nSPS) is 11.2. The van der Waals surface area contributed by atoms with Crippen molar-refractivity contribution in [3.63, 3.8) is 0 Å². The van der Waals surface area contributed by atoms with Gasteiger partial charge in [0, 0.05) is 0 Å². The molecule has 0 fully saturated rings. The first-order valence-corrected chi connectivity index (χ1v) is 9.49. The van der Waals surface area contributed by atoms with Crippen molar-refractivity contribution in [2.45, 2.75) is 33.1 Å². The summed E-state index contributed by atoms with van der Waals surface area (Å²) in [6.45, 7) is 4.38. The molecule has 0 spiro atoms. The smallest absolute Gasteiger partial charge is 0.455 e. The molecule has 0 saturated heterocycles. The number of Topliss-reactive ketones (excluding diaryl/α,β-unsaturated/α-hetero) is 2. The molecular formula is C22H20F6O6. The van der Waals surface area contributed by atoms with Crippen molar-refractivity contribution in [2.75, 3.05) is 13.2 Å². The van der Waals surface area contributed by atoms with Crippen molar-refractivity contribution < 1.29 is 55.3 Å². The summed E-state index contributed by atoms with van der Waals surface area (Å²) < 4.78 is 82.7. The molecule has 0 bridgehead atoms. The molecule has 12 heteroatoms. The number of phenols is 1. The second-order valence-electron chi connectivity index (χ2n) is 6.77. The average Bonchev–Trinajstić information content (AvgIpc) is 2.71. The number of benzene rings is 2. The van der Waals surface area contributed by atoms with Crippen LogP contribution in [0.2, 0.25) is 0 Å². The van der Waals surface area contributed by atoms with E-state index < -0.39 is 53.4 Å². The van der Waals surface area contributed by atoms with E-state index in [1.807, 2.05) is 0 Å². The van der Waals surface area contributed by atoms with Gasteiger partial charge >= 0.3 is 18.3 Å². The standard InChI is InChI=1S/C13H13F3O4.C9H7F3O2/c1-3-19-11(17)7-20-10-6-8(2)4-5-9(10)12(18)13(14,15)16;1-5-2-3-6(7(13)4-5)8(14)9(10,11)12/h4-6H,3,7H2,1-2H3;2-4,13H,1H3. The number of ether oxygens (including phenoxy) is 2. The number of ketones is 2. The van der Waals surface area contributed by atoms with Gasteiger partial charge in [0.15, 0.2) is 6.61 Å². The molecule has 6 nitrogen and oxygen atoms in total. The van der Waals surface area contributed by atoms with Gasteiger partial charge in [-0.25, -0.2) is 4.79 Å². The minimum Gasteiger partial charge on any atom is -0.507 e. The average molecular weight is 494 g/mol. The summed E-state index contributed by atoms with van der Waals surface area (Å²) in [4.78, 5) is 33.1. The number of aryl methyl sites for hydroxylation is 2. The second-order valence-corrected chi connectivity index (χ2v) is 6.77. The lowest BCUT2D eigenvalue weighted by Crippen LogP contribution is -2.24. The number of hydrogen-bond donors (Lipinski definition) is 1. The SMILES string of the molecule is CCOC(=O)COc1cc(C)ccc1C(=O)C(F)(F)F.Cc1ccc(C(=O)C(F)(F)F)c(O)c1. The Morgan fingerprint density at radius 1 is 0.824 bits per heavy atom. The molecule has 0 amide bonds. The first-order chi connectivity index (χ1) is 15.6. The number of carbonyl (C=O) groups excluding carboxylic acids is 3. The summed E-state index contributed by atoms with van der Waals surface area (Å²) in [5, 5.41) is 9.10.